The van der Waals surface area contributed by atoms with Gasteiger partial charge >= 0.3 is 6.18 Å². The van der Waals surface area contributed by atoms with E-state index >= 15 is 0 Å². The Morgan fingerprint density at radius 2 is 1.75 bits per heavy atom. The lowest BCUT2D eigenvalue weighted by molar-refractivity contribution is -0.137. The predicted molar refractivity (Wildman–Crippen MR) is 120 cm³/mol. The fraction of sp³-hybridized carbons (Fsp3) is 0.208. The number of hydrogen-bond acceptors (Lipinski definition) is 3. The zero-order valence-electron chi connectivity index (χ0n) is 17.0. The number of benzene rings is 2. The summed E-state index contributed by atoms with van der Waals surface area (Å²) >= 11 is 5.89. The van der Waals surface area contributed by atoms with Crippen LogP contribution in [-0.2, 0) is 11.0 Å². The van der Waals surface area contributed by atoms with Crippen LogP contribution >= 0.6 is 11.6 Å². The fourth-order valence-corrected chi connectivity index (χ4v) is 3.72. The Morgan fingerprint density at radius 3 is 2.44 bits per heavy atom. The summed E-state index contributed by atoms with van der Waals surface area (Å²) in [6.07, 6.45) is 0.132. The van der Waals surface area contributed by atoms with Crippen molar-refractivity contribution < 1.29 is 22.4 Å². The Labute approximate surface area is 188 Å². The molecule has 1 N–H and O–H groups in total. The molecule has 8 heteroatoms. The van der Waals surface area contributed by atoms with Gasteiger partial charge in [-0.3, -0.25) is 4.79 Å². The summed E-state index contributed by atoms with van der Waals surface area (Å²) < 4.78 is 45.3. The molecule has 1 saturated heterocycles. The predicted octanol–water partition coefficient (Wildman–Crippen LogP) is 6.87. The number of halogens is 4. The Morgan fingerprint density at radius 1 is 1.03 bits per heavy atom. The highest BCUT2D eigenvalue weighted by Gasteiger charge is 2.31. The van der Waals surface area contributed by atoms with Gasteiger partial charge in [-0.1, -0.05) is 11.6 Å². The van der Waals surface area contributed by atoms with Crippen LogP contribution in [0.4, 0.5) is 24.5 Å². The molecule has 1 fully saturated rings. The molecule has 1 aromatic heterocycles. The van der Waals surface area contributed by atoms with Crippen LogP contribution in [0.1, 0.15) is 24.2 Å². The molecule has 0 spiro atoms. The third-order valence-electron chi connectivity index (χ3n) is 5.18. The number of alkyl halides is 3. The third kappa shape index (κ3) is 5.16. The quantitative estimate of drug-likeness (QED) is 0.422. The van der Waals surface area contributed by atoms with Crippen LogP contribution in [-0.4, -0.2) is 19.0 Å². The minimum Gasteiger partial charge on any atom is -0.457 e. The average Bonchev–Trinajstić information content (AvgIpc) is 3.44. The van der Waals surface area contributed by atoms with Crippen molar-refractivity contribution >= 4 is 35.0 Å². The minimum absolute atomic E-state index is 0.137. The van der Waals surface area contributed by atoms with Gasteiger partial charge in [0, 0.05) is 29.8 Å². The number of furan rings is 1. The van der Waals surface area contributed by atoms with E-state index < -0.39 is 17.6 Å². The molecule has 0 aliphatic carbocycles. The Balaban J connectivity index is 1.51. The molecular formula is C24H20ClF3N2O2. The van der Waals surface area contributed by atoms with Gasteiger partial charge in [0.1, 0.15) is 11.5 Å². The summed E-state index contributed by atoms with van der Waals surface area (Å²) in [5.41, 5.74) is 0.744. The molecule has 1 aliphatic rings. The van der Waals surface area contributed by atoms with Crippen molar-refractivity contribution in [3.8, 4) is 11.3 Å². The van der Waals surface area contributed by atoms with E-state index in [4.69, 9.17) is 16.0 Å². The fourth-order valence-electron chi connectivity index (χ4n) is 3.59. The van der Waals surface area contributed by atoms with Gasteiger partial charge in [0.25, 0.3) is 0 Å². The Kier molecular flexibility index (Phi) is 6.28. The van der Waals surface area contributed by atoms with Gasteiger partial charge < -0.3 is 14.6 Å². The number of carbonyl (C=O) groups excluding carboxylic acids is 1. The summed E-state index contributed by atoms with van der Waals surface area (Å²) in [6, 6.07) is 14.0. The lowest BCUT2D eigenvalue weighted by atomic mass is 10.1. The summed E-state index contributed by atoms with van der Waals surface area (Å²) in [5, 5.41) is 3.20. The number of rotatable bonds is 5. The maximum atomic E-state index is 13.2. The van der Waals surface area contributed by atoms with Crippen molar-refractivity contribution in [1.82, 2.24) is 0 Å². The van der Waals surface area contributed by atoms with E-state index in [1.165, 1.54) is 18.2 Å². The van der Waals surface area contributed by atoms with Crippen LogP contribution in [0.25, 0.3) is 17.4 Å². The number of nitrogens with one attached hydrogen (secondary N) is 1. The molecule has 2 heterocycles. The smallest absolute Gasteiger partial charge is 0.416 e. The number of hydrogen-bond donors (Lipinski definition) is 1. The van der Waals surface area contributed by atoms with Gasteiger partial charge in [-0.05, 0) is 73.5 Å². The van der Waals surface area contributed by atoms with Crippen LogP contribution < -0.4 is 10.2 Å². The van der Waals surface area contributed by atoms with E-state index in [1.54, 1.807) is 24.3 Å². The molecule has 0 atom stereocenters. The number of carbonyl (C=O) groups is 1. The van der Waals surface area contributed by atoms with Gasteiger partial charge in [-0.25, -0.2) is 0 Å². The Hall–Kier alpha value is -3.19. The normalized spacial score (nSPS) is 14.3. The summed E-state index contributed by atoms with van der Waals surface area (Å²) in [4.78, 5) is 14.5. The van der Waals surface area contributed by atoms with Gasteiger partial charge in [-0.2, -0.15) is 13.2 Å². The van der Waals surface area contributed by atoms with Crippen molar-refractivity contribution in [3.05, 3.63) is 77.0 Å². The second-order valence-electron chi connectivity index (χ2n) is 7.46. The van der Waals surface area contributed by atoms with Crippen molar-refractivity contribution in [1.29, 1.82) is 0 Å². The van der Waals surface area contributed by atoms with Crippen LogP contribution in [0.5, 0.6) is 0 Å². The molecule has 0 unspecified atom stereocenters. The molecule has 1 amide bonds. The topological polar surface area (TPSA) is 45.5 Å². The molecule has 166 valence electrons. The zero-order valence-corrected chi connectivity index (χ0v) is 17.7. The first-order valence-corrected chi connectivity index (χ1v) is 10.5. The van der Waals surface area contributed by atoms with Crippen molar-refractivity contribution in [2.24, 2.45) is 0 Å². The van der Waals surface area contributed by atoms with Gasteiger partial charge in [0.2, 0.25) is 5.91 Å². The highest BCUT2D eigenvalue weighted by molar-refractivity contribution is 6.30. The molecular weight excluding hydrogens is 441 g/mol. The maximum Gasteiger partial charge on any atom is 0.416 e. The maximum absolute atomic E-state index is 13.2. The second kappa shape index (κ2) is 9.12. The van der Waals surface area contributed by atoms with Crippen LogP contribution in [0.15, 0.2) is 65.1 Å². The molecule has 1 aliphatic heterocycles. The van der Waals surface area contributed by atoms with E-state index in [0.29, 0.717) is 22.2 Å². The molecule has 4 nitrogen and oxygen atoms in total. The van der Waals surface area contributed by atoms with E-state index in [9.17, 15) is 18.0 Å². The van der Waals surface area contributed by atoms with Gasteiger partial charge in [0.15, 0.2) is 0 Å². The van der Waals surface area contributed by atoms with Crippen molar-refractivity contribution in [2.45, 2.75) is 19.0 Å². The van der Waals surface area contributed by atoms with Gasteiger partial charge in [-0.15, -0.1) is 0 Å². The summed E-state index contributed by atoms with van der Waals surface area (Å²) in [5.74, 6) is 0.499. The molecule has 0 bridgehead atoms. The van der Waals surface area contributed by atoms with Crippen LogP contribution in [0.3, 0.4) is 0 Å². The average molecular weight is 461 g/mol. The molecule has 2 aromatic carbocycles. The molecule has 3 aromatic rings. The van der Waals surface area contributed by atoms with Crippen molar-refractivity contribution in [3.63, 3.8) is 0 Å². The number of amides is 1. The number of anilines is 2. The first-order chi connectivity index (χ1) is 15.3. The zero-order chi connectivity index (χ0) is 22.7. The van der Waals surface area contributed by atoms with Crippen LogP contribution in [0, 0.1) is 0 Å². The summed E-state index contributed by atoms with van der Waals surface area (Å²) in [6.45, 7) is 1.48. The molecule has 4 rings (SSSR count). The summed E-state index contributed by atoms with van der Waals surface area (Å²) in [7, 11) is 0. The van der Waals surface area contributed by atoms with Crippen LogP contribution in [0.2, 0.25) is 5.02 Å². The van der Waals surface area contributed by atoms with Gasteiger partial charge in [0.05, 0.1) is 16.9 Å². The first-order valence-electron chi connectivity index (χ1n) is 10.1. The second-order valence-corrected chi connectivity index (χ2v) is 7.89. The molecule has 32 heavy (non-hydrogen) atoms. The van der Waals surface area contributed by atoms with E-state index in [-0.39, 0.29) is 5.69 Å². The molecule has 0 radical (unpaired) electrons. The lowest BCUT2D eigenvalue weighted by Crippen LogP contribution is -2.21. The van der Waals surface area contributed by atoms with E-state index in [1.807, 2.05) is 17.0 Å². The Bertz CT molecular complexity index is 1130. The van der Waals surface area contributed by atoms with E-state index in [0.717, 1.165) is 43.6 Å². The highest BCUT2D eigenvalue weighted by Crippen LogP contribution is 2.36. The minimum atomic E-state index is -4.49. The third-order valence-corrected chi connectivity index (χ3v) is 5.43. The monoisotopic (exact) mass is 460 g/mol. The van der Waals surface area contributed by atoms with Crippen molar-refractivity contribution in [2.75, 3.05) is 23.3 Å². The number of nitrogens with zero attached hydrogens (tertiary/aromatic N) is 1. The SMILES string of the molecule is O=C(C=Cc1ccc(-c2ccc(Cl)cc2)o1)Nc1cc(C(F)(F)F)ccc1N1CCCC1. The molecule has 0 saturated carbocycles. The lowest BCUT2D eigenvalue weighted by Gasteiger charge is -2.22. The van der Waals surface area contributed by atoms with E-state index in [2.05, 4.69) is 5.32 Å². The first kappa shape index (κ1) is 22.0. The highest BCUT2D eigenvalue weighted by atomic mass is 35.5. The largest absolute Gasteiger partial charge is 0.457 e. The standard InChI is InChI=1S/C24H20ClF3N2O2/c25-18-6-3-16(4-7-18)22-11-8-19(32-22)9-12-23(31)29-20-15-17(24(26,27)28)5-10-21(20)30-13-1-2-14-30/h3-12,15H,1-2,13-14H2,(H,29,31).